The highest BCUT2D eigenvalue weighted by molar-refractivity contribution is 7.80. The van der Waals surface area contributed by atoms with Gasteiger partial charge in [0.1, 0.15) is 0 Å². The van der Waals surface area contributed by atoms with Gasteiger partial charge in [0.05, 0.1) is 18.5 Å². The molecule has 0 unspecified atom stereocenters. The van der Waals surface area contributed by atoms with Crippen molar-refractivity contribution in [2.75, 3.05) is 12.4 Å². The summed E-state index contributed by atoms with van der Waals surface area (Å²) in [6, 6.07) is 15.5. The van der Waals surface area contributed by atoms with Crippen LogP contribution in [0.2, 0.25) is 0 Å². The van der Waals surface area contributed by atoms with Crippen LogP contribution < -0.4 is 10.6 Å². The van der Waals surface area contributed by atoms with Gasteiger partial charge in [-0.15, -0.1) is 0 Å². The van der Waals surface area contributed by atoms with Crippen LogP contribution in [0.25, 0.3) is 0 Å². The maximum Gasteiger partial charge on any atom is 0.413 e. The molecular weight excluding hydrogens is 310 g/mol. The molecular formula is C17H17N3O2S. The first kappa shape index (κ1) is 16.6. The van der Waals surface area contributed by atoms with Gasteiger partial charge in [0.2, 0.25) is 0 Å². The molecule has 2 aromatic carbocycles. The van der Waals surface area contributed by atoms with Crippen molar-refractivity contribution < 1.29 is 9.53 Å². The number of hydrogen-bond donors (Lipinski definition) is 2. The zero-order valence-corrected chi connectivity index (χ0v) is 13.7. The first-order chi connectivity index (χ1) is 11.1. The van der Waals surface area contributed by atoms with E-state index in [1.54, 1.807) is 6.21 Å². The summed E-state index contributed by atoms with van der Waals surface area (Å²) in [7, 11) is 1.28. The number of hydrogen-bond acceptors (Lipinski definition) is 4. The number of carbonyl (C=O) groups is 1. The summed E-state index contributed by atoms with van der Waals surface area (Å²) < 4.78 is 4.50. The molecule has 5 nitrogen and oxygen atoms in total. The Balaban J connectivity index is 2.14. The third-order valence-electron chi connectivity index (χ3n) is 2.95. The molecule has 0 atom stereocenters. The predicted octanol–water partition coefficient (Wildman–Crippen LogP) is 3.80. The van der Waals surface area contributed by atoms with Crippen LogP contribution in [0, 0.1) is 6.92 Å². The molecule has 6 heteroatoms. The second kappa shape index (κ2) is 8.05. The zero-order valence-electron chi connectivity index (χ0n) is 12.9. The Morgan fingerprint density at radius 3 is 2.74 bits per heavy atom. The van der Waals surface area contributed by atoms with Crippen LogP contribution in [0.3, 0.4) is 0 Å². The van der Waals surface area contributed by atoms with E-state index in [1.807, 2.05) is 55.5 Å². The van der Waals surface area contributed by atoms with E-state index >= 15 is 0 Å². The van der Waals surface area contributed by atoms with Crippen molar-refractivity contribution in [1.29, 1.82) is 0 Å². The number of rotatable bonds is 3. The largest absolute Gasteiger partial charge is 0.453 e. The SMILES string of the molecule is COC(=O)NC(=S)Nc1ccccc1N=Cc1cccc(C)c1. The first-order valence-electron chi connectivity index (χ1n) is 6.94. The van der Waals surface area contributed by atoms with Crippen molar-refractivity contribution in [3.63, 3.8) is 0 Å². The van der Waals surface area contributed by atoms with E-state index in [9.17, 15) is 4.79 Å². The number of nitrogens with one attached hydrogen (secondary N) is 2. The molecule has 2 rings (SSSR count). The van der Waals surface area contributed by atoms with Crippen LogP contribution in [0.5, 0.6) is 0 Å². The molecule has 0 saturated heterocycles. The molecule has 0 fully saturated rings. The number of ether oxygens (including phenoxy) is 1. The smallest absolute Gasteiger partial charge is 0.413 e. The van der Waals surface area contributed by atoms with Gasteiger partial charge >= 0.3 is 6.09 Å². The predicted molar refractivity (Wildman–Crippen MR) is 96.6 cm³/mol. The molecule has 0 aliphatic carbocycles. The fourth-order valence-electron chi connectivity index (χ4n) is 1.88. The fraction of sp³-hybridized carbons (Fsp3) is 0.118. The molecule has 0 heterocycles. The number of methoxy groups -OCH3 is 1. The highest BCUT2D eigenvalue weighted by atomic mass is 32.1. The van der Waals surface area contributed by atoms with Crippen LogP contribution in [0.15, 0.2) is 53.5 Å². The average Bonchev–Trinajstić information content (AvgIpc) is 2.54. The normalized spacial score (nSPS) is 10.3. The van der Waals surface area contributed by atoms with Crippen LogP contribution >= 0.6 is 12.2 Å². The molecule has 0 aliphatic rings. The number of alkyl carbamates (subject to hydrolysis) is 1. The molecule has 2 N–H and O–H groups in total. The summed E-state index contributed by atoms with van der Waals surface area (Å²) in [5.74, 6) is 0. The van der Waals surface area contributed by atoms with Crippen LogP contribution in [0.4, 0.5) is 16.2 Å². The minimum atomic E-state index is -0.622. The lowest BCUT2D eigenvalue weighted by Crippen LogP contribution is -2.33. The van der Waals surface area contributed by atoms with Gasteiger partial charge in [-0.2, -0.15) is 0 Å². The maximum absolute atomic E-state index is 11.1. The number of anilines is 1. The Hall–Kier alpha value is -2.73. The highest BCUT2D eigenvalue weighted by Gasteiger charge is 2.06. The van der Waals surface area contributed by atoms with E-state index in [2.05, 4.69) is 20.4 Å². The van der Waals surface area contributed by atoms with E-state index in [-0.39, 0.29) is 5.11 Å². The van der Waals surface area contributed by atoms with Crippen LogP contribution in [-0.2, 0) is 4.74 Å². The van der Waals surface area contributed by atoms with Gasteiger partial charge in [0.15, 0.2) is 5.11 Å². The van der Waals surface area contributed by atoms with E-state index in [1.165, 1.54) is 12.7 Å². The summed E-state index contributed by atoms with van der Waals surface area (Å²) in [6.45, 7) is 2.03. The number of carbonyl (C=O) groups excluding carboxylic acids is 1. The first-order valence-corrected chi connectivity index (χ1v) is 7.35. The Morgan fingerprint density at radius 2 is 2.00 bits per heavy atom. The quantitative estimate of drug-likeness (QED) is 0.665. The van der Waals surface area contributed by atoms with Gasteiger partial charge in [0, 0.05) is 6.21 Å². The number of benzene rings is 2. The van der Waals surface area contributed by atoms with Gasteiger partial charge in [-0.05, 0) is 36.8 Å². The third kappa shape index (κ3) is 5.19. The number of aryl methyl sites for hydroxylation is 1. The molecule has 0 radical (unpaired) electrons. The summed E-state index contributed by atoms with van der Waals surface area (Å²) >= 11 is 5.06. The second-order valence-corrected chi connectivity index (χ2v) is 5.17. The Kier molecular flexibility index (Phi) is 5.82. The molecule has 0 aromatic heterocycles. The van der Waals surface area contributed by atoms with Gasteiger partial charge in [-0.25, -0.2) is 4.79 Å². The zero-order chi connectivity index (χ0) is 16.7. The number of para-hydroxylation sites is 2. The topological polar surface area (TPSA) is 62.7 Å². The molecule has 0 saturated carbocycles. The Bertz CT molecular complexity index is 744. The van der Waals surface area contributed by atoms with E-state index in [4.69, 9.17) is 12.2 Å². The lowest BCUT2D eigenvalue weighted by atomic mass is 10.1. The number of amides is 1. The molecule has 0 bridgehead atoms. The lowest BCUT2D eigenvalue weighted by Gasteiger charge is -2.10. The molecule has 0 spiro atoms. The maximum atomic E-state index is 11.1. The minimum Gasteiger partial charge on any atom is -0.453 e. The second-order valence-electron chi connectivity index (χ2n) is 4.76. The summed E-state index contributed by atoms with van der Waals surface area (Å²) in [5.41, 5.74) is 3.58. The van der Waals surface area contributed by atoms with Gasteiger partial charge < -0.3 is 10.1 Å². The van der Waals surface area contributed by atoms with E-state index in [0.717, 1.165) is 5.56 Å². The van der Waals surface area contributed by atoms with Crippen molar-refractivity contribution in [2.45, 2.75) is 6.92 Å². The van der Waals surface area contributed by atoms with Crippen molar-refractivity contribution in [3.8, 4) is 0 Å². The molecule has 118 valence electrons. The van der Waals surface area contributed by atoms with Gasteiger partial charge in [0.25, 0.3) is 0 Å². The fourth-order valence-corrected chi connectivity index (χ4v) is 2.08. The summed E-state index contributed by atoms with van der Waals surface area (Å²) in [5, 5.41) is 5.47. The number of thiocarbonyl (C=S) groups is 1. The molecule has 1 amide bonds. The summed E-state index contributed by atoms with van der Waals surface area (Å²) in [6.07, 6.45) is 1.16. The third-order valence-corrected chi connectivity index (χ3v) is 3.15. The van der Waals surface area contributed by atoms with Crippen LogP contribution in [0.1, 0.15) is 11.1 Å². The van der Waals surface area contributed by atoms with Crippen molar-refractivity contribution in [3.05, 3.63) is 59.7 Å². The molecule has 0 aliphatic heterocycles. The average molecular weight is 327 g/mol. The lowest BCUT2D eigenvalue weighted by molar-refractivity contribution is 0.177. The van der Waals surface area contributed by atoms with E-state index in [0.29, 0.717) is 11.4 Å². The molecule has 2 aromatic rings. The number of aliphatic imine (C=N–C) groups is 1. The highest BCUT2D eigenvalue weighted by Crippen LogP contribution is 2.24. The number of nitrogens with zero attached hydrogens (tertiary/aromatic N) is 1. The monoisotopic (exact) mass is 327 g/mol. The summed E-state index contributed by atoms with van der Waals surface area (Å²) in [4.78, 5) is 15.6. The standard InChI is InChI=1S/C17H17N3O2S/c1-12-6-5-7-13(10-12)11-18-14-8-3-4-9-15(14)19-16(23)20-17(21)22-2/h3-11H,1-2H3,(H2,19,20,21,23). The molecule has 23 heavy (non-hydrogen) atoms. The minimum absolute atomic E-state index is 0.148. The van der Waals surface area contributed by atoms with Crippen LogP contribution in [-0.4, -0.2) is 24.5 Å². The van der Waals surface area contributed by atoms with Crippen molar-refractivity contribution in [1.82, 2.24) is 5.32 Å². The van der Waals surface area contributed by atoms with Gasteiger partial charge in [-0.3, -0.25) is 10.3 Å². The van der Waals surface area contributed by atoms with Gasteiger partial charge in [-0.1, -0.05) is 42.0 Å². The van der Waals surface area contributed by atoms with Crippen molar-refractivity contribution >= 4 is 41.0 Å². The Labute approximate surface area is 140 Å². The van der Waals surface area contributed by atoms with Crippen molar-refractivity contribution in [2.24, 2.45) is 4.99 Å². The van der Waals surface area contributed by atoms with E-state index < -0.39 is 6.09 Å². The Morgan fingerprint density at radius 1 is 1.22 bits per heavy atom.